The number of amides is 1. The maximum Gasteiger partial charge on any atom is 0.411 e. The summed E-state index contributed by atoms with van der Waals surface area (Å²) >= 11 is 0. The van der Waals surface area contributed by atoms with E-state index in [1.54, 1.807) is 0 Å². The lowest BCUT2D eigenvalue weighted by Crippen LogP contribution is -2.13. The minimum Gasteiger partial charge on any atom is -0.453 e. The van der Waals surface area contributed by atoms with Gasteiger partial charge in [-0.1, -0.05) is 17.7 Å². The van der Waals surface area contributed by atoms with Crippen LogP contribution in [0.3, 0.4) is 0 Å². The van der Waals surface area contributed by atoms with Gasteiger partial charge in [0, 0.05) is 12.2 Å². The van der Waals surface area contributed by atoms with Crippen molar-refractivity contribution in [1.82, 2.24) is 0 Å². The van der Waals surface area contributed by atoms with Crippen LogP contribution in [0.5, 0.6) is 0 Å². The van der Waals surface area contributed by atoms with E-state index < -0.39 is 6.09 Å². The van der Waals surface area contributed by atoms with E-state index in [-0.39, 0.29) is 0 Å². The molecule has 4 heteroatoms. The number of carbonyl (C=O) groups excluding carboxylic acids is 1. The van der Waals surface area contributed by atoms with Crippen molar-refractivity contribution >= 4 is 11.8 Å². The van der Waals surface area contributed by atoms with Crippen molar-refractivity contribution in [1.29, 1.82) is 0 Å². The van der Waals surface area contributed by atoms with Gasteiger partial charge in [0.05, 0.1) is 7.11 Å². The van der Waals surface area contributed by atoms with Crippen molar-refractivity contribution in [3.63, 3.8) is 0 Å². The van der Waals surface area contributed by atoms with Gasteiger partial charge in [-0.25, -0.2) is 4.79 Å². The molecule has 0 aliphatic carbocycles. The van der Waals surface area contributed by atoms with Crippen LogP contribution in [-0.2, 0) is 11.3 Å². The number of hydrogen-bond acceptors (Lipinski definition) is 3. The van der Waals surface area contributed by atoms with Crippen molar-refractivity contribution < 1.29 is 9.53 Å². The molecule has 0 saturated heterocycles. The summed E-state index contributed by atoms with van der Waals surface area (Å²) in [5.74, 6) is 0. The Labute approximate surface area is 83.1 Å². The van der Waals surface area contributed by atoms with Gasteiger partial charge in [-0.3, -0.25) is 5.32 Å². The van der Waals surface area contributed by atoms with Crippen LogP contribution >= 0.6 is 0 Å². The summed E-state index contributed by atoms with van der Waals surface area (Å²) in [5.41, 5.74) is 8.25. The van der Waals surface area contributed by atoms with Gasteiger partial charge in [0.2, 0.25) is 0 Å². The Bertz CT molecular complexity index is 337. The number of rotatable bonds is 2. The molecule has 1 aromatic carbocycles. The predicted octanol–water partition coefficient (Wildman–Crippen LogP) is 1.63. The fraction of sp³-hybridized carbons (Fsp3) is 0.300. The molecule has 0 bridgehead atoms. The molecule has 0 fully saturated rings. The molecule has 0 aliphatic heterocycles. The molecule has 76 valence electrons. The summed E-state index contributed by atoms with van der Waals surface area (Å²) in [6.07, 6.45) is -0.483. The Morgan fingerprint density at radius 1 is 1.57 bits per heavy atom. The Kier molecular flexibility index (Phi) is 3.48. The highest BCUT2D eigenvalue weighted by atomic mass is 16.5. The van der Waals surface area contributed by atoms with Crippen molar-refractivity contribution in [2.45, 2.75) is 13.5 Å². The quantitative estimate of drug-likeness (QED) is 0.752. The minimum absolute atomic E-state index is 0.390. The molecule has 1 rings (SSSR count). The SMILES string of the molecule is COC(=O)Nc1ccc(C)cc1CN. The van der Waals surface area contributed by atoms with Crippen molar-refractivity contribution in [2.24, 2.45) is 5.73 Å². The molecule has 4 nitrogen and oxygen atoms in total. The third-order valence-electron chi connectivity index (χ3n) is 1.90. The molecule has 0 heterocycles. The third kappa shape index (κ3) is 2.47. The van der Waals surface area contributed by atoms with Gasteiger partial charge in [-0.05, 0) is 18.6 Å². The van der Waals surface area contributed by atoms with E-state index in [1.165, 1.54) is 7.11 Å². The number of carbonyl (C=O) groups is 1. The topological polar surface area (TPSA) is 64.3 Å². The molecule has 0 aliphatic rings. The van der Waals surface area contributed by atoms with Crippen molar-refractivity contribution in [3.8, 4) is 0 Å². The highest BCUT2D eigenvalue weighted by molar-refractivity contribution is 5.85. The average molecular weight is 194 g/mol. The zero-order valence-electron chi connectivity index (χ0n) is 8.33. The third-order valence-corrected chi connectivity index (χ3v) is 1.90. The monoisotopic (exact) mass is 194 g/mol. The Morgan fingerprint density at radius 3 is 2.86 bits per heavy atom. The summed E-state index contributed by atoms with van der Waals surface area (Å²) in [6, 6.07) is 5.66. The standard InChI is InChI=1S/C10H14N2O2/c1-7-3-4-9(8(5-7)6-11)12-10(13)14-2/h3-5H,6,11H2,1-2H3,(H,12,13). The summed E-state index contributed by atoms with van der Waals surface area (Å²) in [4.78, 5) is 11.0. The molecule has 0 atom stereocenters. The largest absolute Gasteiger partial charge is 0.453 e. The fourth-order valence-corrected chi connectivity index (χ4v) is 1.17. The van der Waals surface area contributed by atoms with Gasteiger partial charge in [0.1, 0.15) is 0 Å². The van der Waals surface area contributed by atoms with E-state index in [2.05, 4.69) is 10.1 Å². The zero-order valence-corrected chi connectivity index (χ0v) is 8.33. The normalized spacial score (nSPS) is 9.64. The maximum absolute atomic E-state index is 11.0. The number of ether oxygens (including phenoxy) is 1. The van der Waals surface area contributed by atoms with Gasteiger partial charge < -0.3 is 10.5 Å². The van der Waals surface area contributed by atoms with Gasteiger partial charge in [-0.15, -0.1) is 0 Å². The van der Waals surface area contributed by atoms with E-state index in [4.69, 9.17) is 5.73 Å². The zero-order chi connectivity index (χ0) is 10.6. The first kappa shape index (κ1) is 10.5. The predicted molar refractivity (Wildman–Crippen MR) is 55.1 cm³/mol. The first-order valence-corrected chi connectivity index (χ1v) is 4.32. The van der Waals surface area contributed by atoms with Crippen LogP contribution in [0.4, 0.5) is 10.5 Å². The number of anilines is 1. The number of benzene rings is 1. The second-order valence-corrected chi connectivity index (χ2v) is 2.98. The molecule has 0 spiro atoms. The minimum atomic E-state index is -0.483. The highest BCUT2D eigenvalue weighted by Crippen LogP contribution is 2.16. The molecule has 1 aromatic rings. The molecular formula is C10H14N2O2. The lowest BCUT2D eigenvalue weighted by atomic mass is 10.1. The van der Waals surface area contributed by atoms with E-state index in [0.717, 1.165) is 11.1 Å². The van der Waals surface area contributed by atoms with Crippen LogP contribution in [-0.4, -0.2) is 13.2 Å². The van der Waals surface area contributed by atoms with Crippen LogP contribution < -0.4 is 11.1 Å². The smallest absolute Gasteiger partial charge is 0.411 e. The number of hydrogen-bond donors (Lipinski definition) is 2. The molecule has 0 aromatic heterocycles. The van der Waals surface area contributed by atoms with Crippen LogP contribution in [0.15, 0.2) is 18.2 Å². The van der Waals surface area contributed by atoms with Crippen molar-refractivity contribution in [2.75, 3.05) is 12.4 Å². The van der Waals surface area contributed by atoms with Gasteiger partial charge in [-0.2, -0.15) is 0 Å². The van der Waals surface area contributed by atoms with E-state index >= 15 is 0 Å². The van der Waals surface area contributed by atoms with Crippen molar-refractivity contribution in [3.05, 3.63) is 29.3 Å². The van der Waals surface area contributed by atoms with Gasteiger partial charge >= 0.3 is 6.09 Å². The second-order valence-electron chi connectivity index (χ2n) is 2.98. The Hall–Kier alpha value is -1.55. The summed E-state index contributed by atoms with van der Waals surface area (Å²) in [7, 11) is 1.33. The lowest BCUT2D eigenvalue weighted by Gasteiger charge is -2.09. The number of methoxy groups -OCH3 is 1. The lowest BCUT2D eigenvalue weighted by molar-refractivity contribution is 0.187. The van der Waals surface area contributed by atoms with Crippen LogP contribution in [0.1, 0.15) is 11.1 Å². The number of nitrogens with one attached hydrogen (secondary N) is 1. The molecule has 0 unspecified atom stereocenters. The summed E-state index contributed by atoms with van der Waals surface area (Å²) in [6.45, 7) is 2.36. The van der Waals surface area contributed by atoms with Gasteiger partial charge in [0.15, 0.2) is 0 Å². The molecule has 0 saturated carbocycles. The molecule has 14 heavy (non-hydrogen) atoms. The molecule has 0 radical (unpaired) electrons. The number of aryl methyl sites for hydroxylation is 1. The summed E-state index contributed by atoms with van der Waals surface area (Å²) in [5, 5.41) is 2.60. The second kappa shape index (κ2) is 4.62. The molecule has 3 N–H and O–H groups in total. The first-order valence-electron chi connectivity index (χ1n) is 4.32. The van der Waals surface area contributed by atoms with E-state index in [1.807, 2.05) is 25.1 Å². The summed E-state index contributed by atoms with van der Waals surface area (Å²) < 4.78 is 4.49. The van der Waals surface area contributed by atoms with Crippen LogP contribution in [0.2, 0.25) is 0 Å². The molecular weight excluding hydrogens is 180 g/mol. The highest BCUT2D eigenvalue weighted by Gasteiger charge is 2.05. The average Bonchev–Trinajstić information content (AvgIpc) is 2.20. The Morgan fingerprint density at radius 2 is 2.29 bits per heavy atom. The van der Waals surface area contributed by atoms with Crippen LogP contribution in [0.25, 0.3) is 0 Å². The maximum atomic E-state index is 11.0. The van der Waals surface area contributed by atoms with E-state index in [9.17, 15) is 4.79 Å². The van der Waals surface area contributed by atoms with E-state index in [0.29, 0.717) is 12.2 Å². The fourth-order valence-electron chi connectivity index (χ4n) is 1.17. The number of nitrogens with two attached hydrogens (primary N) is 1. The van der Waals surface area contributed by atoms with Gasteiger partial charge in [0.25, 0.3) is 0 Å². The van der Waals surface area contributed by atoms with Crippen LogP contribution in [0, 0.1) is 6.92 Å². The Balaban J connectivity index is 2.90. The molecule has 1 amide bonds. The first-order chi connectivity index (χ1) is 6.67.